The van der Waals surface area contributed by atoms with Gasteiger partial charge in [0, 0.05) is 18.6 Å². The van der Waals surface area contributed by atoms with Gasteiger partial charge < -0.3 is 5.73 Å². The van der Waals surface area contributed by atoms with Crippen molar-refractivity contribution in [1.29, 1.82) is 0 Å². The minimum atomic E-state index is -3.45. The largest absolute Gasteiger partial charge is 0.326 e. The van der Waals surface area contributed by atoms with E-state index in [0.29, 0.717) is 11.4 Å². The minimum Gasteiger partial charge on any atom is -0.326 e. The summed E-state index contributed by atoms with van der Waals surface area (Å²) in [5, 5.41) is 0. The van der Waals surface area contributed by atoms with Gasteiger partial charge in [0.1, 0.15) is 0 Å². The van der Waals surface area contributed by atoms with Crippen LogP contribution in [0, 0.1) is 20.8 Å². The first-order valence-electron chi connectivity index (χ1n) is 6.60. The number of hydrogen-bond donors (Lipinski definition) is 1. The molecule has 0 amide bonds. The lowest BCUT2D eigenvalue weighted by molar-refractivity contribution is 0.392. The number of sulfonamides is 1. The van der Waals surface area contributed by atoms with Gasteiger partial charge in [-0.3, -0.25) is 0 Å². The Morgan fingerprint density at radius 1 is 1.21 bits per heavy atom. The molecule has 0 bridgehead atoms. The van der Waals surface area contributed by atoms with Gasteiger partial charge in [-0.05, 0) is 45.2 Å². The number of nitrogens with two attached hydrogens (primary N) is 1. The molecule has 5 heteroatoms. The van der Waals surface area contributed by atoms with Gasteiger partial charge in [-0.2, -0.15) is 4.31 Å². The molecule has 2 atom stereocenters. The van der Waals surface area contributed by atoms with Crippen molar-refractivity contribution < 1.29 is 8.42 Å². The van der Waals surface area contributed by atoms with Crippen LogP contribution >= 0.6 is 0 Å². The van der Waals surface area contributed by atoms with Gasteiger partial charge in [0.15, 0.2) is 0 Å². The van der Waals surface area contributed by atoms with E-state index in [2.05, 4.69) is 0 Å². The molecule has 2 N–H and O–H groups in total. The highest BCUT2D eigenvalue weighted by atomic mass is 32.2. The maximum absolute atomic E-state index is 12.8. The van der Waals surface area contributed by atoms with E-state index in [0.717, 1.165) is 23.1 Å². The minimum absolute atomic E-state index is 0.0687. The fraction of sp³-hybridized carbons (Fsp3) is 0.571. The van der Waals surface area contributed by atoms with Crippen LogP contribution in [0.25, 0.3) is 0 Å². The molecule has 0 aliphatic carbocycles. The summed E-state index contributed by atoms with van der Waals surface area (Å²) < 4.78 is 27.2. The maximum Gasteiger partial charge on any atom is 0.243 e. The molecule has 0 radical (unpaired) electrons. The summed E-state index contributed by atoms with van der Waals surface area (Å²) in [7, 11) is -3.45. The molecule has 1 heterocycles. The van der Waals surface area contributed by atoms with Gasteiger partial charge in [-0.1, -0.05) is 17.7 Å². The average molecular weight is 282 g/mol. The fourth-order valence-electron chi connectivity index (χ4n) is 2.96. The molecule has 2 rings (SSSR count). The first-order valence-corrected chi connectivity index (χ1v) is 8.04. The molecule has 1 saturated heterocycles. The Kier molecular flexibility index (Phi) is 3.73. The van der Waals surface area contributed by atoms with E-state index in [1.54, 1.807) is 4.31 Å². The van der Waals surface area contributed by atoms with Crippen molar-refractivity contribution in [3.05, 3.63) is 28.8 Å². The van der Waals surface area contributed by atoms with Gasteiger partial charge >= 0.3 is 0 Å². The monoisotopic (exact) mass is 282 g/mol. The molecule has 4 nitrogen and oxygen atoms in total. The van der Waals surface area contributed by atoms with Crippen LogP contribution in [-0.2, 0) is 10.0 Å². The van der Waals surface area contributed by atoms with Crippen molar-refractivity contribution in [1.82, 2.24) is 4.31 Å². The molecule has 1 aliphatic rings. The van der Waals surface area contributed by atoms with E-state index >= 15 is 0 Å². The van der Waals surface area contributed by atoms with Gasteiger partial charge in [-0.15, -0.1) is 0 Å². The van der Waals surface area contributed by atoms with E-state index < -0.39 is 10.0 Å². The van der Waals surface area contributed by atoms with Crippen molar-refractivity contribution in [2.45, 2.75) is 51.1 Å². The molecule has 1 aromatic rings. The number of nitrogens with zero attached hydrogens (tertiary/aromatic N) is 1. The molecule has 1 aromatic carbocycles. The van der Waals surface area contributed by atoms with E-state index in [1.807, 2.05) is 39.8 Å². The van der Waals surface area contributed by atoms with Crippen LogP contribution in [0.3, 0.4) is 0 Å². The normalized spacial score (nSPS) is 24.9. The summed E-state index contributed by atoms with van der Waals surface area (Å²) >= 11 is 0. The van der Waals surface area contributed by atoms with Gasteiger partial charge in [-0.25, -0.2) is 8.42 Å². The lowest BCUT2D eigenvalue weighted by atomic mass is 10.1. The highest BCUT2D eigenvalue weighted by Gasteiger charge is 2.38. The topological polar surface area (TPSA) is 63.4 Å². The summed E-state index contributed by atoms with van der Waals surface area (Å²) in [5.74, 6) is 0. The second kappa shape index (κ2) is 4.89. The average Bonchev–Trinajstić information content (AvgIpc) is 2.57. The lowest BCUT2D eigenvalue weighted by Crippen LogP contribution is -2.40. The molecule has 2 unspecified atom stereocenters. The molecule has 0 aromatic heterocycles. The lowest BCUT2D eigenvalue weighted by Gasteiger charge is -2.24. The standard InChI is InChI=1S/C14H22N2O2S/c1-9-7-10(2)14(11(3)8-9)19(17,18)16-6-5-13(15)12(16)4/h7-8,12-13H,5-6,15H2,1-4H3. The van der Waals surface area contributed by atoms with Crippen molar-refractivity contribution in [2.75, 3.05) is 6.54 Å². The smallest absolute Gasteiger partial charge is 0.243 e. The zero-order valence-corrected chi connectivity index (χ0v) is 12.8. The molecule has 1 fully saturated rings. The Hall–Kier alpha value is -0.910. The number of aryl methyl sites for hydroxylation is 3. The molecule has 1 aliphatic heterocycles. The molecule has 0 saturated carbocycles. The third kappa shape index (κ3) is 2.42. The summed E-state index contributed by atoms with van der Waals surface area (Å²) in [6.45, 7) is 8.08. The van der Waals surface area contributed by atoms with Crippen LogP contribution in [0.4, 0.5) is 0 Å². The van der Waals surface area contributed by atoms with Crippen LogP contribution < -0.4 is 5.73 Å². The van der Waals surface area contributed by atoms with Crippen molar-refractivity contribution in [3.63, 3.8) is 0 Å². The predicted octanol–water partition coefficient (Wildman–Crippen LogP) is 1.72. The molecule has 19 heavy (non-hydrogen) atoms. The van der Waals surface area contributed by atoms with E-state index in [-0.39, 0.29) is 12.1 Å². The maximum atomic E-state index is 12.8. The van der Waals surface area contributed by atoms with Gasteiger partial charge in [0.2, 0.25) is 10.0 Å². The Morgan fingerprint density at radius 2 is 1.74 bits per heavy atom. The second-order valence-corrected chi connectivity index (χ2v) is 7.36. The number of benzene rings is 1. The van der Waals surface area contributed by atoms with Gasteiger partial charge in [0.25, 0.3) is 0 Å². The Bertz CT molecular complexity index is 572. The van der Waals surface area contributed by atoms with Crippen molar-refractivity contribution in [2.24, 2.45) is 5.73 Å². The fourth-order valence-corrected chi connectivity index (χ4v) is 5.07. The molecule has 0 spiro atoms. The molecular weight excluding hydrogens is 260 g/mol. The van der Waals surface area contributed by atoms with Crippen LogP contribution in [0.1, 0.15) is 30.0 Å². The Balaban J connectivity index is 2.52. The van der Waals surface area contributed by atoms with Crippen LogP contribution in [0.2, 0.25) is 0 Å². The SMILES string of the molecule is Cc1cc(C)c(S(=O)(=O)N2CCC(N)C2C)c(C)c1. The quantitative estimate of drug-likeness (QED) is 0.898. The number of rotatable bonds is 2. The van der Waals surface area contributed by atoms with Crippen molar-refractivity contribution in [3.8, 4) is 0 Å². The highest BCUT2D eigenvalue weighted by molar-refractivity contribution is 7.89. The predicted molar refractivity (Wildman–Crippen MR) is 76.6 cm³/mol. The van der Waals surface area contributed by atoms with Crippen LogP contribution in [0.5, 0.6) is 0 Å². The zero-order chi connectivity index (χ0) is 14.4. The summed E-state index contributed by atoms with van der Waals surface area (Å²) in [6.07, 6.45) is 0.727. The second-order valence-electron chi connectivity index (χ2n) is 5.54. The number of hydrogen-bond acceptors (Lipinski definition) is 3. The third-order valence-electron chi connectivity index (χ3n) is 3.93. The van der Waals surface area contributed by atoms with E-state index in [1.165, 1.54) is 0 Å². The summed E-state index contributed by atoms with van der Waals surface area (Å²) in [6, 6.07) is 3.63. The first-order chi connectivity index (χ1) is 8.75. The summed E-state index contributed by atoms with van der Waals surface area (Å²) in [5.41, 5.74) is 8.64. The Labute approximate surface area is 115 Å². The van der Waals surface area contributed by atoms with Crippen molar-refractivity contribution >= 4 is 10.0 Å². The zero-order valence-electron chi connectivity index (χ0n) is 12.0. The highest BCUT2D eigenvalue weighted by Crippen LogP contribution is 2.29. The summed E-state index contributed by atoms with van der Waals surface area (Å²) in [4.78, 5) is 0.444. The first kappa shape index (κ1) is 14.5. The van der Waals surface area contributed by atoms with E-state index in [4.69, 9.17) is 5.73 Å². The molecule has 106 valence electrons. The molecular formula is C14H22N2O2S. The van der Waals surface area contributed by atoms with Gasteiger partial charge in [0.05, 0.1) is 4.90 Å². The van der Waals surface area contributed by atoms with Crippen LogP contribution in [-0.4, -0.2) is 31.4 Å². The van der Waals surface area contributed by atoms with E-state index in [9.17, 15) is 8.42 Å². The Morgan fingerprint density at radius 3 is 2.16 bits per heavy atom. The van der Waals surface area contributed by atoms with Crippen LogP contribution in [0.15, 0.2) is 17.0 Å². The third-order valence-corrected chi connectivity index (χ3v) is 6.22.